The van der Waals surface area contributed by atoms with Crippen molar-refractivity contribution in [3.05, 3.63) is 24.3 Å². The van der Waals surface area contributed by atoms with E-state index in [1.807, 2.05) is 6.92 Å². The number of rotatable bonds is 6. The lowest BCUT2D eigenvalue weighted by Crippen LogP contribution is -2.29. The first-order valence-corrected chi connectivity index (χ1v) is 5.64. The molecule has 0 saturated carbocycles. The van der Waals surface area contributed by atoms with Crippen molar-refractivity contribution in [3.8, 4) is 11.5 Å². The molecule has 0 spiro atoms. The summed E-state index contributed by atoms with van der Waals surface area (Å²) in [5.41, 5.74) is 0. The number of ether oxygens (including phenoxy) is 2. The standard InChI is InChI=1S/C12H16F3NO2/c1-3-16-8-9(2)17-10-6-4-5-7-11(10)18-12(13,14)15/h4-7,9,16H,3,8H2,1-2H3. The average Bonchev–Trinajstić information content (AvgIpc) is 2.27. The summed E-state index contributed by atoms with van der Waals surface area (Å²) >= 11 is 0. The highest BCUT2D eigenvalue weighted by molar-refractivity contribution is 5.39. The summed E-state index contributed by atoms with van der Waals surface area (Å²) in [5, 5.41) is 3.05. The maximum absolute atomic E-state index is 12.2. The predicted molar refractivity (Wildman–Crippen MR) is 61.8 cm³/mol. The molecule has 6 heteroatoms. The number of nitrogens with one attached hydrogen (secondary N) is 1. The van der Waals surface area contributed by atoms with Gasteiger partial charge in [-0.15, -0.1) is 13.2 Å². The van der Waals surface area contributed by atoms with Crippen LogP contribution in [0.1, 0.15) is 13.8 Å². The van der Waals surface area contributed by atoms with Gasteiger partial charge < -0.3 is 14.8 Å². The highest BCUT2D eigenvalue weighted by Gasteiger charge is 2.32. The molecule has 0 amide bonds. The van der Waals surface area contributed by atoms with Crippen molar-refractivity contribution < 1.29 is 22.6 Å². The molecule has 0 radical (unpaired) electrons. The molecule has 1 N–H and O–H groups in total. The first-order chi connectivity index (χ1) is 8.42. The van der Waals surface area contributed by atoms with E-state index in [2.05, 4.69) is 10.1 Å². The summed E-state index contributed by atoms with van der Waals surface area (Å²) in [6.07, 6.45) is -4.97. The van der Waals surface area contributed by atoms with Gasteiger partial charge in [0.05, 0.1) is 0 Å². The lowest BCUT2D eigenvalue weighted by molar-refractivity contribution is -0.275. The van der Waals surface area contributed by atoms with E-state index in [4.69, 9.17) is 4.74 Å². The number of hydrogen-bond acceptors (Lipinski definition) is 3. The van der Waals surface area contributed by atoms with E-state index in [0.29, 0.717) is 6.54 Å². The molecule has 0 saturated heterocycles. The number of benzene rings is 1. The Morgan fingerprint density at radius 3 is 2.39 bits per heavy atom. The lowest BCUT2D eigenvalue weighted by Gasteiger charge is -2.18. The second-order valence-electron chi connectivity index (χ2n) is 3.73. The van der Waals surface area contributed by atoms with Crippen LogP contribution in [0.5, 0.6) is 11.5 Å². The Balaban J connectivity index is 2.70. The Bertz CT molecular complexity index is 369. The number of likely N-dealkylation sites (N-methyl/N-ethyl adjacent to an activating group) is 1. The van der Waals surface area contributed by atoms with E-state index in [9.17, 15) is 13.2 Å². The van der Waals surface area contributed by atoms with Crippen LogP contribution in [0.15, 0.2) is 24.3 Å². The highest BCUT2D eigenvalue weighted by Crippen LogP contribution is 2.32. The minimum absolute atomic E-state index is 0.0835. The number of hydrogen-bond donors (Lipinski definition) is 1. The highest BCUT2D eigenvalue weighted by atomic mass is 19.4. The van der Waals surface area contributed by atoms with Crippen LogP contribution < -0.4 is 14.8 Å². The molecule has 0 heterocycles. The summed E-state index contributed by atoms with van der Waals surface area (Å²) in [7, 11) is 0. The number of para-hydroxylation sites is 2. The Hall–Kier alpha value is -1.43. The molecule has 0 bridgehead atoms. The third kappa shape index (κ3) is 5.27. The van der Waals surface area contributed by atoms with Crippen LogP contribution in [0.2, 0.25) is 0 Å². The largest absolute Gasteiger partial charge is 0.573 e. The molecule has 0 fully saturated rings. The zero-order chi connectivity index (χ0) is 13.6. The van der Waals surface area contributed by atoms with E-state index < -0.39 is 6.36 Å². The van der Waals surface area contributed by atoms with Gasteiger partial charge in [0.15, 0.2) is 11.5 Å². The van der Waals surface area contributed by atoms with Crippen molar-refractivity contribution in [1.29, 1.82) is 0 Å². The van der Waals surface area contributed by atoms with Gasteiger partial charge in [0.1, 0.15) is 6.10 Å². The summed E-state index contributed by atoms with van der Waals surface area (Å²) < 4.78 is 45.8. The molecule has 1 aromatic carbocycles. The fraction of sp³-hybridized carbons (Fsp3) is 0.500. The van der Waals surface area contributed by atoms with Crippen molar-refractivity contribution in [2.24, 2.45) is 0 Å². The zero-order valence-electron chi connectivity index (χ0n) is 10.3. The fourth-order valence-corrected chi connectivity index (χ4v) is 1.36. The van der Waals surface area contributed by atoms with Crippen LogP contribution in [-0.2, 0) is 0 Å². The summed E-state index contributed by atoms with van der Waals surface area (Å²) in [6, 6.07) is 5.73. The van der Waals surface area contributed by atoms with Gasteiger partial charge in [-0.25, -0.2) is 0 Å². The second kappa shape index (κ2) is 6.49. The molecule has 0 aliphatic heterocycles. The topological polar surface area (TPSA) is 30.5 Å². The van der Waals surface area contributed by atoms with Gasteiger partial charge in [0.2, 0.25) is 0 Å². The first-order valence-electron chi connectivity index (χ1n) is 5.64. The van der Waals surface area contributed by atoms with Crippen molar-refractivity contribution in [2.75, 3.05) is 13.1 Å². The van der Waals surface area contributed by atoms with Crippen molar-refractivity contribution >= 4 is 0 Å². The molecule has 3 nitrogen and oxygen atoms in total. The maximum atomic E-state index is 12.2. The van der Waals surface area contributed by atoms with Crippen LogP contribution >= 0.6 is 0 Å². The maximum Gasteiger partial charge on any atom is 0.573 e. The minimum atomic E-state index is -4.72. The van der Waals surface area contributed by atoms with Crippen LogP contribution in [0, 0.1) is 0 Å². The SMILES string of the molecule is CCNCC(C)Oc1ccccc1OC(F)(F)F. The molecule has 1 unspecified atom stereocenters. The molecule has 102 valence electrons. The summed E-state index contributed by atoms with van der Waals surface area (Å²) in [6.45, 7) is 5.03. The van der Waals surface area contributed by atoms with Crippen LogP contribution in [0.3, 0.4) is 0 Å². The normalized spacial score (nSPS) is 13.2. The Morgan fingerprint density at radius 1 is 1.22 bits per heavy atom. The van der Waals surface area contributed by atoms with Gasteiger partial charge in [-0.05, 0) is 25.6 Å². The van der Waals surface area contributed by atoms with Crippen molar-refractivity contribution in [2.45, 2.75) is 26.3 Å². The molecule has 0 aromatic heterocycles. The van der Waals surface area contributed by atoms with Gasteiger partial charge in [0, 0.05) is 6.54 Å². The van der Waals surface area contributed by atoms with Crippen molar-refractivity contribution in [3.63, 3.8) is 0 Å². The smallest absolute Gasteiger partial charge is 0.485 e. The predicted octanol–water partition coefficient (Wildman–Crippen LogP) is 2.96. The Morgan fingerprint density at radius 2 is 1.83 bits per heavy atom. The molecule has 1 aromatic rings. The van der Waals surface area contributed by atoms with Gasteiger partial charge in [-0.3, -0.25) is 0 Å². The molecule has 1 atom stereocenters. The summed E-state index contributed by atoms with van der Waals surface area (Å²) in [4.78, 5) is 0. The molecule has 18 heavy (non-hydrogen) atoms. The van der Waals surface area contributed by atoms with E-state index in [1.54, 1.807) is 13.0 Å². The fourth-order valence-electron chi connectivity index (χ4n) is 1.36. The molecular formula is C12H16F3NO2. The quantitative estimate of drug-likeness (QED) is 0.856. The van der Waals surface area contributed by atoms with Gasteiger partial charge >= 0.3 is 6.36 Å². The van der Waals surface area contributed by atoms with E-state index in [-0.39, 0.29) is 17.6 Å². The molecule has 0 aliphatic rings. The van der Waals surface area contributed by atoms with E-state index in [1.165, 1.54) is 18.2 Å². The minimum Gasteiger partial charge on any atom is -0.485 e. The zero-order valence-corrected chi connectivity index (χ0v) is 10.3. The van der Waals surface area contributed by atoms with Crippen LogP contribution in [-0.4, -0.2) is 25.6 Å². The third-order valence-electron chi connectivity index (χ3n) is 2.08. The number of alkyl halides is 3. The van der Waals surface area contributed by atoms with Gasteiger partial charge in [0.25, 0.3) is 0 Å². The molecule has 1 rings (SSSR count). The summed E-state index contributed by atoms with van der Waals surface area (Å²) in [5.74, 6) is -0.242. The molecule has 0 aliphatic carbocycles. The average molecular weight is 263 g/mol. The van der Waals surface area contributed by atoms with E-state index >= 15 is 0 Å². The third-order valence-corrected chi connectivity index (χ3v) is 2.08. The van der Waals surface area contributed by atoms with Crippen LogP contribution in [0.4, 0.5) is 13.2 Å². The van der Waals surface area contributed by atoms with Gasteiger partial charge in [-0.1, -0.05) is 19.1 Å². The van der Waals surface area contributed by atoms with E-state index in [0.717, 1.165) is 6.54 Å². The van der Waals surface area contributed by atoms with Crippen LogP contribution in [0.25, 0.3) is 0 Å². The Kier molecular flexibility index (Phi) is 5.27. The van der Waals surface area contributed by atoms with Crippen molar-refractivity contribution in [1.82, 2.24) is 5.32 Å². The first kappa shape index (κ1) is 14.6. The second-order valence-corrected chi connectivity index (χ2v) is 3.73. The monoisotopic (exact) mass is 263 g/mol. The lowest BCUT2D eigenvalue weighted by atomic mass is 10.3. The number of halogens is 3. The Labute approximate surface area is 104 Å². The molecular weight excluding hydrogens is 247 g/mol. The van der Waals surface area contributed by atoms with Gasteiger partial charge in [-0.2, -0.15) is 0 Å².